The minimum atomic E-state index is -0.161. The summed E-state index contributed by atoms with van der Waals surface area (Å²) < 4.78 is 5.53. The molecule has 116 valence electrons. The Morgan fingerprint density at radius 3 is 2.57 bits per heavy atom. The Balaban J connectivity index is 1.59. The van der Waals surface area contributed by atoms with Crippen LogP contribution in [0.25, 0.3) is 11.1 Å². The molecule has 0 radical (unpaired) electrons. The molecule has 3 aromatic rings. The number of benzene rings is 2. The predicted molar refractivity (Wildman–Crippen MR) is 95.1 cm³/mol. The van der Waals surface area contributed by atoms with Crippen LogP contribution in [0.3, 0.4) is 0 Å². The lowest BCUT2D eigenvalue weighted by Crippen LogP contribution is -2.19. The third-order valence-corrected chi connectivity index (χ3v) is 4.17. The molecule has 1 heterocycles. The van der Waals surface area contributed by atoms with Crippen LogP contribution in [0.15, 0.2) is 65.4 Å². The summed E-state index contributed by atoms with van der Waals surface area (Å²) in [4.78, 5) is 11.8. The van der Waals surface area contributed by atoms with Crippen molar-refractivity contribution in [1.29, 1.82) is 0 Å². The number of rotatable bonds is 5. The minimum absolute atomic E-state index is 0.000438. The predicted octanol–water partition coefficient (Wildman–Crippen LogP) is 4.74. The van der Waals surface area contributed by atoms with Crippen molar-refractivity contribution < 1.29 is 9.53 Å². The van der Waals surface area contributed by atoms with E-state index in [0.717, 1.165) is 11.3 Å². The zero-order chi connectivity index (χ0) is 16.1. The van der Waals surface area contributed by atoms with E-state index in [2.05, 4.69) is 24.4 Å². The summed E-state index contributed by atoms with van der Waals surface area (Å²) in [6, 6.07) is 17.9. The quantitative estimate of drug-likeness (QED) is 0.736. The van der Waals surface area contributed by atoms with Gasteiger partial charge in [-0.25, -0.2) is 0 Å². The SMILES string of the molecule is Cc1ccccc1-c1ccc(OCC(=O)Nc2ccsc2)cc1. The van der Waals surface area contributed by atoms with Gasteiger partial charge in [0.25, 0.3) is 5.91 Å². The van der Waals surface area contributed by atoms with Crippen LogP contribution in [-0.4, -0.2) is 12.5 Å². The number of carbonyl (C=O) groups is 1. The van der Waals surface area contributed by atoms with Crippen LogP contribution in [-0.2, 0) is 4.79 Å². The summed E-state index contributed by atoms with van der Waals surface area (Å²) in [7, 11) is 0. The molecule has 1 amide bonds. The van der Waals surface area contributed by atoms with Crippen molar-refractivity contribution in [2.24, 2.45) is 0 Å². The molecule has 1 N–H and O–H groups in total. The van der Waals surface area contributed by atoms with E-state index < -0.39 is 0 Å². The fourth-order valence-corrected chi connectivity index (χ4v) is 2.90. The summed E-state index contributed by atoms with van der Waals surface area (Å²) in [5.74, 6) is 0.522. The van der Waals surface area contributed by atoms with E-state index >= 15 is 0 Å². The maximum Gasteiger partial charge on any atom is 0.262 e. The Hall–Kier alpha value is -2.59. The van der Waals surface area contributed by atoms with Gasteiger partial charge in [-0.1, -0.05) is 36.4 Å². The molecule has 0 saturated carbocycles. The average molecular weight is 323 g/mol. The normalized spacial score (nSPS) is 10.3. The Labute approximate surface area is 139 Å². The number of aryl methyl sites for hydroxylation is 1. The first-order valence-electron chi connectivity index (χ1n) is 7.33. The van der Waals surface area contributed by atoms with E-state index in [1.165, 1.54) is 11.1 Å². The zero-order valence-corrected chi connectivity index (χ0v) is 13.6. The largest absolute Gasteiger partial charge is 0.484 e. The summed E-state index contributed by atoms with van der Waals surface area (Å²) in [5, 5.41) is 6.58. The zero-order valence-electron chi connectivity index (χ0n) is 12.8. The summed E-state index contributed by atoms with van der Waals surface area (Å²) in [5.41, 5.74) is 4.38. The molecule has 0 bridgehead atoms. The molecular weight excluding hydrogens is 306 g/mol. The third-order valence-electron chi connectivity index (χ3n) is 3.49. The molecular formula is C19H17NO2S. The van der Waals surface area contributed by atoms with Gasteiger partial charge in [0.1, 0.15) is 5.75 Å². The molecule has 0 unspecified atom stereocenters. The van der Waals surface area contributed by atoms with Crippen LogP contribution in [0.2, 0.25) is 0 Å². The number of thiophene rings is 1. The second-order valence-corrected chi connectivity index (χ2v) is 5.97. The standard InChI is InChI=1S/C19H17NO2S/c1-14-4-2-3-5-18(14)15-6-8-17(9-7-15)22-12-19(21)20-16-10-11-23-13-16/h2-11,13H,12H2,1H3,(H,20,21). The average Bonchev–Trinajstić information content (AvgIpc) is 3.07. The van der Waals surface area contributed by atoms with Gasteiger partial charge in [0.2, 0.25) is 0 Å². The van der Waals surface area contributed by atoms with Gasteiger partial charge < -0.3 is 10.1 Å². The highest BCUT2D eigenvalue weighted by Crippen LogP contribution is 2.25. The molecule has 0 aliphatic carbocycles. The van der Waals surface area contributed by atoms with Crippen LogP contribution in [0.5, 0.6) is 5.75 Å². The van der Waals surface area contributed by atoms with Gasteiger partial charge in [0.15, 0.2) is 6.61 Å². The van der Waals surface area contributed by atoms with Crippen molar-refractivity contribution in [1.82, 2.24) is 0 Å². The Kier molecular flexibility index (Phi) is 4.74. The number of carbonyl (C=O) groups excluding carboxylic acids is 1. The second-order valence-electron chi connectivity index (χ2n) is 5.19. The second kappa shape index (κ2) is 7.11. The van der Waals surface area contributed by atoms with Crippen LogP contribution >= 0.6 is 11.3 Å². The highest BCUT2D eigenvalue weighted by atomic mass is 32.1. The van der Waals surface area contributed by atoms with Crippen molar-refractivity contribution in [3.8, 4) is 16.9 Å². The number of hydrogen-bond acceptors (Lipinski definition) is 3. The van der Waals surface area contributed by atoms with E-state index in [0.29, 0.717) is 5.75 Å². The lowest BCUT2D eigenvalue weighted by atomic mass is 10.0. The molecule has 0 aliphatic heterocycles. The summed E-state index contributed by atoms with van der Waals surface area (Å²) >= 11 is 1.54. The minimum Gasteiger partial charge on any atom is -0.484 e. The molecule has 3 rings (SSSR count). The number of amides is 1. The van der Waals surface area contributed by atoms with Gasteiger partial charge in [0.05, 0.1) is 5.69 Å². The highest BCUT2D eigenvalue weighted by Gasteiger charge is 2.05. The van der Waals surface area contributed by atoms with Crippen molar-refractivity contribution in [3.63, 3.8) is 0 Å². The molecule has 0 spiro atoms. The van der Waals surface area contributed by atoms with Crippen LogP contribution in [0, 0.1) is 6.92 Å². The Bertz CT molecular complexity index is 779. The molecule has 1 aromatic heterocycles. The van der Waals surface area contributed by atoms with Gasteiger partial charge in [-0.2, -0.15) is 11.3 Å². The van der Waals surface area contributed by atoms with Gasteiger partial charge in [-0.15, -0.1) is 0 Å². The number of anilines is 1. The van der Waals surface area contributed by atoms with E-state index in [4.69, 9.17) is 4.74 Å². The third kappa shape index (κ3) is 3.99. The molecule has 0 aliphatic rings. The van der Waals surface area contributed by atoms with Crippen LogP contribution < -0.4 is 10.1 Å². The molecule has 0 atom stereocenters. The van der Waals surface area contributed by atoms with E-state index in [-0.39, 0.29) is 12.5 Å². The maximum absolute atomic E-state index is 11.8. The lowest BCUT2D eigenvalue weighted by Gasteiger charge is -2.09. The topological polar surface area (TPSA) is 38.3 Å². The summed E-state index contributed by atoms with van der Waals surface area (Å²) in [6.45, 7) is 2.09. The number of nitrogens with one attached hydrogen (secondary N) is 1. The lowest BCUT2D eigenvalue weighted by molar-refractivity contribution is -0.118. The summed E-state index contributed by atoms with van der Waals surface area (Å²) in [6.07, 6.45) is 0. The van der Waals surface area contributed by atoms with Crippen LogP contribution in [0.1, 0.15) is 5.56 Å². The first-order valence-corrected chi connectivity index (χ1v) is 8.27. The fourth-order valence-electron chi connectivity index (χ4n) is 2.31. The molecule has 0 saturated heterocycles. The van der Waals surface area contributed by atoms with E-state index in [9.17, 15) is 4.79 Å². The first-order chi connectivity index (χ1) is 11.2. The van der Waals surface area contributed by atoms with Crippen molar-refractivity contribution in [3.05, 3.63) is 70.9 Å². The number of ether oxygens (including phenoxy) is 1. The first kappa shape index (κ1) is 15.3. The molecule has 0 fully saturated rings. The number of hydrogen-bond donors (Lipinski definition) is 1. The molecule has 3 nitrogen and oxygen atoms in total. The Morgan fingerprint density at radius 1 is 1.09 bits per heavy atom. The van der Waals surface area contributed by atoms with Crippen molar-refractivity contribution in [2.75, 3.05) is 11.9 Å². The van der Waals surface area contributed by atoms with E-state index in [1.54, 1.807) is 11.3 Å². The van der Waals surface area contributed by atoms with E-state index in [1.807, 2.05) is 53.2 Å². The molecule has 4 heteroatoms. The van der Waals surface area contributed by atoms with Gasteiger partial charge in [0, 0.05) is 5.38 Å². The van der Waals surface area contributed by atoms with Crippen molar-refractivity contribution in [2.45, 2.75) is 6.92 Å². The maximum atomic E-state index is 11.8. The monoisotopic (exact) mass is 323 g/mol. The smallest absolute Gasteiger partial charge is 0.262 e. The van der Waals surface area contributed by atoms with Gasteiger partial charge in [-0.05, 0) is 47.2 Å². The Morgan fingerprint density at radius 2 is 1.87 bits per heavy atom. The van der Waals surface area contributed by atoms with Gasteiger partial charge in [-0.3, -0.25) is 4.79 Å². The van der Waals surface area contributed by atoms with Gasteiger partial charge >= 0.3 is 0 Å². The molecule has 2 aromatic carbocycles. The van der Waals surface area contributed by atoms with Crippen LogP contribution in [0.4, 0.5) is 5.69 Å². The van der Waals surface area contributed by atoms with Crippen molar-refractivity contribution >= 4 is 22.9 Å². The fraction of sp³-hybridized carbons (Fsp3) is 0.105. The highest BCUT2D eigenvalue weighted by molar-refractivity contribution is 7.08. The molecule has 23 heavy (non-hydrogen) atoms.